The lowest BCUT2D eigenvalue weighted by Crippen LogP contribution is -2.52. The minimum Gasteiger partial charge on any atom is -0.355 e. The maximum Gasteiger partial charge on any atom is 0.239 e. The van der Waals surface area contributed by atoms with Crippen LogP contribution in [0.5, 0.6) is 0 Å². The van der Waals surface area contributed by atoms with Crippen LogP contribution >= 0.6 is 0 Å². The first-order valence-electron chi connectivity index (χ1n) is 13.8. The first kappa shape index (κ1) is 24.9. The number of hydrogen-bond donors (Lipinski definition) is 4. The van der Waals surface area contributed by atoms with E-state index >= 15 is 0 Å². The summed E-state index contributed by atoms with van der Waals surface area (Å²) in [5, 5.41) is 13.7. The van der Waals surface area contributed by atoms with E-state index in [1.54, 1.807) is 0 Å². The van der Waals surface area contributed by atoms with Gasteiger partial charge in [0.05, 0.1) is 12.1 Å². The fourth-order valence-electron chi connectivity index (χ4n) is 6.42. The van der Waals surface area contributed by atoms with E-state index in [1.165, 1.54) is 12.8 Å². The van der Waals surface area contributed by atoms with Gasteiger partial charge in [-0.05, 0) is 88.3 Å². The summed E-state index contributed by atoms with van der Waals surface area (Å²) >= 11 is 0. The Morgan fingerprint density at radius 3 is 2.52 bits per heavy atom. The highest BCUT2D eigenvalue weighted by Gasteiger charge is 2.38. The average Bonchev–Trinajstić information content (AvgIpc) is 3.28. The summed E-state index contributed by atoms with van der Waals surface area (Å²) in [6.45, 7) is 10.3. The van der Waals surface area contributed by atoms with Gasteiger partial charge in [-0.3, -0.25) is 9.59 Å². The van der Waals surface area contributed by atoms with Gasteiger partial charge in [0.2, 0.25) is 11.8 Å². The molecule has 0 bridgehead atoms. The van der Waals surface area contributed by atoms with Crippen LogP contribution in [0.15, 0.2) is 0 Å². The average molecular weight is 462 g/mol. The molecule has 0 aliphatic carbocycles. The molecule has 7 nitrogen and oxygen atoms in total. The Balaban J connectivity index is 1.05. The van der Waals surface area contributed by atoms with E-state index in [1.807, 2.05) is 0 Å². The van der Waals surface area contributed by atoms with E-state index in [0.717, 1.165) is 90.1 Å². The molecule has 4 saturated heterocycles. The molecule has 4 rings (SSSR count). The summed E-state index contributed by atoms with van der Waals surface area (Å²) in [6.07, 6.45) is 9.94. The number of carbonyl (C=O) groups is 2. The minimum atomic E-state index is -0.00308. The molecule has 7 heteroatoms. The predicted octanol–water partition coefficient (Wildman–Crippen LogP) is 1.88. The highest BCUT2D eigenvalue weighted by atomic mass is 16.2. The summed E-state index contributed by atoms with van der Waals surface area (Å²) in [6, 6.07) is 0.553. The molecule has 2 amide bonds. The first-order chi connectivity index (χ1) is 16.0. The van der Waals surface area contributed by atoms with Crippen molar-refractivity contribution in [2.45, 2.75) is 89.8 Å². The van der Waals surface area contributed by atoms with E-state index in [0.29, 0.717) is 29.7 Å². The predicted molar refractivity (Wildman–Crippen MR) is 132 cm³/mol. The lowest BCUT2D eigenvalue weighted by atomic mass is 9.85. The monoisotopic (exact) mass is 461 g/mol. The third-order valence-corrected chi connectivity index (χ3v) is 8.84. The van der Waals surface area contributed by atoms with Gasteiger partial charge >= 0.3 is 0 Å². The molecule has 0 saturated carbocycles. The van der Waals surface area contributed by atoms with Crippen molar-refractivity contribution in [3.8, 4) is 0 Å². The molecule has 5 unspecified atom stereocenters. The van der Waals surface area contributed by atoms with E-state index < -0.39 is 0 Å². The normalized spacial score (nSPS) is 33.2. The molecule has 5 atom stereocenters. The fourth-order valence-corrected chi connectivity index (χ4v) is 6.42. The SMILES string of the molecule is CC(C)C1CCC(C(=O)N2CCC(CCCCNC(=O)C3CC4CNCCC4N3)CC2)NC1. The number of nitrogens with zero attached hydrogens (tertiary/aromatic N) is 1. The number of carbonyl (C=O) groups excluding carboxylic acids is 2. The molecular formula is C26H47N5O2. The first-order valence-corrected chi connectivity index (χ1v) is 13.8. The summed E-state index contributed by atoms with van der Waals surface area (Å²) in [5.41, 5.74) is 0. The van der Waals surface area contributed by atoms with E-state index in [9.17, 15) is 9.59 Å². The molecular weight excluding hydrogens is 414 g/mol. The van der Waals surface area contributed by atoms with E-state index in [4.69, 9.17) is 0 Å². The molecule has 33 heavy (non-hydrogen) atoms. The number of hydrogen-bond acceptors (Lipinski definition) is 5. The van der Waals surface area contributed by atoms with Crippen molar-refractivity contribution in [1.82, 2.24) is 26.2 Å². The molecule has 0 aromatic carbocycles. The molecule has 4 aliphatic rings. The molecule has 4 aliphatic heterocycles. The van der Waals surface area contributed by atoms with Crippen LogP contribution in [0.25, 0.3) is 0 Å². The molecule has 4 fully saturated rings. The van der Waals surface area contributed by atoms with Crippen LogP contribution < -0.4 is 21.3 Å². The van der Waals surface area contributed by atoms with Crippen molar-refractivity contribution in [2.75, 3.05) is 39.3 Å². The zero-order valence-electron chi connectivity index (χ0n) is 20.9. The standard InChI is InChI=1S/C26H47N5O2/c1-18(2)20-6-7-23(29-17-20)26(33)31-13-9-19(10-14-31)5-3-4-11-28-25(32)24-15-21-16-27-12-8-22(21)30-24/h18-24,27,29-30H,3-17H2,1-2H3,(H,28,32). The van der Waals surface area contributed by atoms with E-state index in [2.05, 4.69) is 40.0 Å². The van der Waals surface area contributed by atoms with Crippen LogP contribution in [0, 0.1) is 23.7 Å². The molecule has 0 aromatic rings. The maximum atomic E-state index is 12.9. The lowest BCUT2D eigenvalue weighted by molar-refractivity contribution is -0.135. The van der Waals surface area contributed by atoms with Gasteiger partial charge < -0.3 is 26.2 Å². The smallest absolute Gasteiger partial charge is 0.239 e. The Kier molecular flexibility index (Phi) is 9.05. The molecule has 0 spiro atoms. The zero-order chi connectivity index (χ0) is 23.2. The third kappa shape index (κ3) is 6.70. The Labute approximate surface area is 200 Å². The Morgan fingerprint density at radius 2 is 1.82 bits per heavy atom. The maximum absolute atomic E-state index is 12.9. The Morgan fingerprint density at radius 1 is 1.00 bits per heavy atom. The number of fused-ring (bicyclic) bond motifs is 1. The molecule has 188 valence electrons. The summed E-state index contributed by atoms with van der Waals surface area (Å²) in [5.74, 6) is 3.25. The zero-order valence-corrected chi connectivity index (χ0v) is 20.9. The number of amides is 2. The summed E-state index contributed by atoms with van der Waals surface area (Å²) in [4.78, 5) is 27.5. The summed E-state index contributed by atoms with van der Waals surface area (Å²) in [7, 11) is 0. The van der Waals surface area contributed by atoms with Crippen molar-refractivity contribution in [3.05, 3.63) is 0 Å². The molecule has 0 radical (unpaired) electrons. The second kappa shape index (κ2) is 12.0. The van der Waals surface area contributed by atoms with Crippen molar-refractivity contribution >= 4 is 11.8 Å². The highest BCUT2D eigenvalue weighted by molar-refractivity contribution is 5.82. The van der Waals surface area contributed by atoms with Crippen LogP contribution in [0.2, 0.25) is 0 Å². The van der Waals surface area contributed by atoms with Gasteiger partial charge in [-0.1, -0.05) is 26.7 Å². The van der Waals surface area contributed by atoms with Crippen molar-refractivity contribution in [3.63, 3.8) is 0 Å². The molecule has 0 aromatic heterocycles. The third-order valence-electron chi connectivity index (χ3n) is 8.84. The summed E-state index contributed by atoms with van der Waals surface area (Å²) < 4.78 is 0. The van der Waals surface area contributed by atoms with Crippen molar-refractivity contribution in [1.29, 1.82) is 0 Å². The van der Waals surface area contributed by atoms with Crippen LogP contribution in [-0.2, 0) is 9.59 Å². The van der Waals surface area contributed by atoms with Crippen LogP contribution in [0.1, 0.15) is 71.6 Å². The van der Waals surface area contributed by atoms with Gasteiger partial charge in [-0.15, -0.1) is 0 Å². The van der Waals surface area contributed by atoms with Crippen LogP contribution in [0.3, 0.4) is 0 Å². The number of piperidine rings is 3. The second-order valence-corrected chi connectivity index (χ2v) is 11.4. The van der Waals surface area contributed by atoms with Crippen LogP contribution in [-0.4, -0.2) is 74.1 Å². The largest absolute Gasteiger partial charge is 0.355 e. The molecule has 4 heterocycles. The van der Waals surface area contributed by atoms with Gasteiger partial charge in [0.25, 0.3) is 0 Å². The van der Waals surface area contributed by atoms with Crippen LogP contribution in [0.4, 0.5) is 0 Å². The van der Waals surface area contributed by atoms with Crippen molar-refractivity contribution in [2.24, 2.45) is 23.7 Å². The van der Waals surface area contributed by atoms with Gasteiger partial charge in [0.1, 0.15) is 0 Å². The van der Waals surface area contributed by atoms with E-state index in [-0.39, 0.29) is 18.0 Å². The number of unbranched alkanes of at least 4 members (excludes halogenated alkanes) is 1. The number of likely N-dealkylation sites (tertiary alicyclic amines) is 1. The minimum absolute atomic E-state index is 0.00308. The fraction of sp³-hybridized carbons (Fsp3) is 0.923. The lowest BCUT2D eigenvalue weighted by Gasteiger charge is -2.37. The second-order valence-electron chi connectivity index (χ2n) is 11.4. The molecule has 4 N–H and O–H groups in total. The van der Waals surface area contributed by atoms with Gasteiger partial charge in [-0.25, -0.2) is 0 Å². The Hall–Kier alpha value is -1.18. The highest BCUT2D eigenvalue weighted by Crippen LogP contribution is 2.27. The number of rotatable bonds is 8. The Bertz CT molecular complexity index is 627. The topological polar surface area (TPSA) is 85.5 Å². The quantitative estimate of drug-likeness (QED) is 0.415. The van der Waals surface area contributed by atoms with Gasteiger partial charge in [0, 0.05) is 25.7 Å². The van der Waals surface area contributed by atoms with Gasteiger partial charge in [-0.2, -0.15) is 0 Å². The number of nitrogens with one attached hydrogen (secondary N) is 4. The van der Waals surface area contributed by atoms with Crippen molar-refractivity contribution < 1.29 is 9.59 Å². The van der Waals surface area contributed by atoms with Gasteiger partial charge in [0.15, 0.2) is 0 Å².